The largest absolute Gasteiger partial charge is 0.508 e. The first-order chi connectivity index (χ1) is 15.0. The summed E-state index contributed by atoms with van der Waals surface area (Å²) in [5, 5.41) is 8.32. The van der Waals surface area contributed by atoms with E-state index >= 15 is 0 Å². The van der Waals surface area contributed by atoms with Gasteiger partial charge in [-0.2, -0.15) is 0 Å². The quantitative estimate of drug-likeness (QED) is 0.326. The van der Waals surface area contributed by atoms with Crippen LogP contribution < -0.4 is 4.74 Å². The topological polar surface area (TPSA) is 85.2 Å². The van der Waals surface area contributed by atoms with Gasteiger partial charge in [0, 0.05) is 49.6 Å². The minimum atomic E-state index is -0.990. The molecule has 2 aromatic carbocycles. The van der Waals surface area contributed by atoms with Crippen molar-refractivity contribution in [2.24, 2.45) is 0 Å². The van der Waals surface area contributed by atoms with Crippen LogP contribution in [0.5, 0.6) is 5.75 Å². The molecule has 0 spiro atoms. The minimum Gasteiger partial charge on any atom is -0.508 e. The van der Waals surface area contributed by atoms with E-state index in [0.717, 1.165) is 34.0 Å². The van der Waals surface area contributed by atoms with Crippen molar-refractivity contribution in [3.8, 4) is 17.0 Å². The zero-order valence-electron chi connectivity index (χ0n) is 17.7. The van der Waals surface area contributed by atoms with Crippen LogP contribution in [0, 0.1) is 19.9 Å². The molecule has 0 saturated carbocycles. The second-order valence-corrected chi connectivity index (χ2v) is 6.68. The van der Waals surface area contributed by atoms with Gasteiger partial charge in [-0.15, -0.1) is 29.8 Å². The molecule has 7 heteroatoms. The van der Waals surface area contributed by atoms with Gasteiger partial charge < -0.3 is 14.8 Å². The van der Waals surface area contributed by atoms with Crippen LogP contribution in [0.3, 0.4) is 0 Å². The Morgan fingerprint density at radius 2 is 1.78 bits per heavy atom. The first-order valence-corrected chi connectivity index (χ1v) is 9.66. The number of carboxylic acids is 1. The van der Waals surface area contributed by atoms with Crippen molar-refractivity contribution in [1.82, 2.24) is 15.0 Å². The number of hydrogen-bond acceptors (Lipinski definition) is 5. The number of hydrogen-bond donors (Lipinski definition) is 1. The summed E-state index contributed by atoms with van der Waals surface area (Å²) < 4.78 is 5.85. The van der Waals surface area contributed by atoms with Gasteiger partial charge in [-0.05, 0) is 31.5 Å². The Morgan fingerprint density at radius 3 is 2.41 bits per heavy atom. The molecule has 32 heavy (non-hydrogen) atoms. The van der Waals surface area contributed by atoms with E-state index in [1.165, 1.54) is 12.3 Å². The Balaban J connectivity index is 0.000000307. The van der Waals surface area contributed by atoms with E-state index in [0.29, 0.717) is 6.61 Å². The number of aryl methyl sites for hydroxylation is 2. The maximum Gasteiger partial charge on any atom is 0.354 e. The third-order valence-corrected chi connectivity index (χ3v) is 4.23. The molecule has 1 N–H and O–H groups in total. The summed E-state index contributed by atoms with van der Waals surface area (Å²) in [6.07, 6.45) is 3.22. The molecule has 0 aliphatic heterocycles. The number of carboxylic acid groups (broad SMARTS) is 1. The molecule has 165 valence electrons. The number of aromatic carboxylic acids is 1. The number of benzene rings is 2. The molecular formula is C25H22IrN3O3-. The Morgan fingerprint density at radius 1 is 1.03 bits per heavy atom. The van der Waals surface area contributed by atoms with Crippen molar-refractivity contribution >= 4 is 5.97 Å². The van der Waals surface area contributed by atoms with Crippen molar-refractivity contribution < 1.29 is 34.7 Å². The fraction of sp³-hybridized carbons (Fsp3) is 0.120. The molecule has 0 unspecified atom stereocenters. The average molecular weight is 605 g/mol. The Hall–Kier alpha value is -3.41. The number of aromatic nitrogens is 3. The smallest absolute Gasteiger partial charge is 0.354 e. The molecule has 0 aliphatic rings. The van der Waals surface area contributed by atoms with Gasteiger partial charge in [-0.3, -0.25) is 4.98 Å². The van der Waals surface area contributed by atoms with Crippen molar-refractivity contribution in [3.63, 3.8) is 0 Å². The van der Waals surface area contributed by atoms with E-state index in [1.54, 1.807) is 18.3 Å². The van der Waals surface area contributed by atoms with Crippen molar-refractivity contribution in [2.45, 2.75) is 20.5 Å². The van der Waals surface area contributed by atoms with E-state index in [-0.39, 0.29) is 25.8 Å². The van der Waals surface area contributed by atoms with Crippen molar-refractivity contribution in [1.29, 1.82) is 0 Å². The van der Waals surface area contributed by atoms with Crippen LogP contribution in [0.1, 0.15) is 27.4 Å². The average Bonchev–Trinajstić information content (AvgIpc) is 2.80. The fourth-order valence-corrected chi connectivity index (χ4v) is 2.76. The summed E-state index contributed by atoms with van der Waals surface area (Å²) in [5.74, 6) is -0.185. The predicted octanol–water partition coefficient (Wildman–Crippen LogP) is 4.92. The number of rotatable bonds is 5. The van der Waals surface area contributed by atoms with E-state index < -0.39 is 5.97 Å². The number of carbonyl (C=O) groups is 1. The van der Waals surface area contributed by atoms with E-state index in [9.17, 15) is 4.79 Å². The normalized spacial score (nSPS) is 9.69. The van der Waals surface area contributed by atoms with Gasteiger partial charge in [0.2, 0.25) is 0 Å². The summed E-state index contributed by atoms with van der Waals surface area (Å²) in [7, 11) is 0. The summed E-state index contributed by atoms with van der Waals surface area (Å²) in [6, 6.07) is 23.8. The first kappa shape index (κ1) is 24.9. The van der Waals surface area contributed by atoms with Gasteiger partial charge in [0.15, 0.2) is 0 Å². The van der Waals surface area contributed by atoms with Gasteiger partial charge in [0.25, 0.3) is 0 Å². The summed E-state index contributed by atoms with van der Waals surface area (Å²) >= 11 is 0. The molecule has 4 rings (SSSR count). The standard InChI is InChI=1S/C19H17N2O.C6H5NO2.Ir/c1-14-12-20-19(15(2)21-14)17-9-6-10-18(11-17)22-13-16-7-4-3-5-8-16;8-6(9)5-3-1-2-4-7-5;/h3-8,10-12H,13H2,1-2H3;1-4H,(H,8,9);/q-1;;. The summed E-state index contributed by atoms with van der Waals surface area (Å²) in [5.41, 5.74) is 4.78. The van der Waals surface area contributed by atoms with Crippen LogP contribution in [0.15, 0.2) is 79.1 Å². The first-order valence-electron chi connectivity index (χ1n) is 9.66. The molecule has 0 atom stereocenters. The van der Waals surface area contributed by atoms with Gasteiger partial charge in [0.1, 0.15) is 12.3 Å². The third kappa shape index (κ3) is 7.37. The monoisotopic (exact) mass is 605 g/mol. The maximum absolute atomic E-state index is 10.1. The van der Waals surface area contributed by atoms with Crippen LogP contribution in [-0.4, -0.2) is 26.0 Å². The molecule has 6 nitrogen and oxygen atoms in total. The molecule has 2 heterocycles. The van der Waals surface area contributed by atoms with Crippen LogP contribution in [0.2, 0.25) is 0 Å². The molecule has 0 aliphatic carbocycles. The van der Waals surface area contributed by atoms with Crippen LogP contribution >= 0.6 is 0 Å². The SMILES string of the molecule is Cc1cnc(-c2[c-]ccc(OCc3ccccc3)c2)c(C)n1.O=C(O)c1ccccn1.[Ir]. The molecule has 0 fully saturated rings. The Labute approximate surface area is 200 Å². The Kier molecular flexibility index (Phi) is 9.67. The zero-order chi connectivity index (χ0) is 22.1. The molecule has 4 aromatic rings. The van der Waals surface area contributed by atoms with Gasteiger partial charge in [0.05, 0.1) is 5.69 Å². The molecule has 1 radical (unpaired) electrons. The maximum atomic E-state index is 10.1. The van der Waals surface area contributed by atoms with E-state index in [4.69, 9.17) is 9.84 Å². The van der Waals surface area contributed by atoms with Crippen LogP contribution in [-0.2, 0) is 26.7 Å². The number of ether oxygens (including phenoxy) is 1. The zero-order valence-corrected chi connectivity index (χ0v) is 20.0. The van der Waals surface area contributed by atoms with Crippen LogP contribution in [0.4, 0.5) is 0 Å². The van der Waals surface area contributed by atoms with Crippen LogP contribution in [0.25, 0.3) is 11.3 Å². The summed E-state index contributed by atoms with van der Waals surface area (Å²) in [6.45, 7) is 4.44. The second-order valence-electron chi connectivity index (χ2n) is 6.68. The van der Waals surface area contributed by atoms with Gasteiger partial charge in [-0.1, -0.05) is 36.4 Å². The molecule has 0 saturated heterocycles. The van der Waals surface area contributed by atoms with Crippen molar-refractivity contribution in [3.05, 3.63) is 108 Å². The molecule has 2 aromatic heterocycles. The van der Waals surface area contributed by atoms with E-state index in [1.807, 2.05) is 62.4 Å². The van der Waals surface area contributed by atoms with Gasteiger partial charge >= 0.3 is 5.97 Å². The molecule has 0 amide bonds. The summed E-state index contributed by atoms with van der Waals surface area (Å²) in [4.78, 5) is 22.6. The fourth-order valence-electron chi connectivity index (χ4n) is 2.76. The third-order valence-electron chi connectivity index (χ3n) is 4.23. The minimum absolute atomic E-state index is 0. The van der Waals surface area contributed by atoms with Crippen molar-refractivity contribution in [2.75, 3.05) is 0 Å². The number of nitrogens with zero attached hydrogens (tertiary/aromatic N) is 3. The number of pyridine rings is 1. The molecule has 0 bridgehead atoms. The second kappa shape index (κ2) is 12.4. The van der Waals surface area contributed by atoms with E-state index in [2.05, 4.69) is 21.0 Å². The predicted molar refractivity (Wildman–Crippen MR) is 118 cm³/mol. The molecular weight excluding hydrogens is 583 g/mol. The van der Waals surface area contributed by atoms with Gasteiger partial charge in [-0.25, -0.2) is 9.78 Å². The Bertz CT molecular complexity index is 1140.